The van der Waals surface area contributed by atoms with Crippen LogP contribution in [0.5, 0.6) is 0 Å². The molecule has 1 aromatic heterocycles. The third-order valence-corrected chi connectivity index (χ3v) is 5.68. The maximum Gasteiger partial charge on any atom is 0.151 e. The van der Waals surface area contributed by atoms with E-state index in [1.807, 2.05) is 54.6 Å². The lowest BCUT2D eigenvalue weighted by atomic mass is 9.97. The number of thiazole rings is 1. The molecule has 108 valence electrons. The van der Waals surface area contributed by atoms with Crippen LogP contribution in [0.3, 0.4) is 0 Å². The first-order valence-electron chi connectivity index (χ1n) is 6.58. The van der Waals surface area contributed by atoms with Crippen molar-refractivity contribution < 1.29 is 10.2 Å². The van der Waals surface area contributed by atoms with Gasteiger partial charge < -0.3 is 10.2 Å². The molecule has 0 aliphatic carbocycles. The van der Waals surface area contributed by atoms with Crippen molar-refractivity contribution in [3.05, 3.63) is 60.2 Å². The Morgan fingerprint density at radius 2 is 1.76 bits per heavy atom. The van der Waals surface area contributed by atoms with Crippen LogP contribution >= 0.6 is 23.1 Å². The highest BCUT2D eigenvalue weighted by Gasteiger charge is 2.29. The van der Waals surface area contributed by atoms with Crippen molar-refractivity contribution in [2.75, 3.05) is 12.4 Å². The van der Waals surface area contributed by atoms with Gasteiger partial charge in [0.15, 0.2) is 4.34 Å². The third kappa shape index (κ3) is 3.11. The number of thioether (sulfide) groups is 1. The molecule has 0 bridgehead atoms. The molecule has 1 atom stereocenters. The molecule has 2 aromatic carbocycles. The molecule has 1 heterocycles. The van der Waals surface area contributed by atoms with Crippen molar-refractivity contribution >= 4 is 33.3 Å². The zero-order chi connectivity index (χ0) is 14.7. The van der Waals surface area contributed by atoms with Gasteiger partial charge in [-0.15, -0.1) is 11.3 Å². The second-order valence-corrected chi connectivity index (χ2v) is 7.05. The number of hydrogen-bond donors (Lipinski definition) is 2. The molecule has 0 saturated heterocycles. The van der Waals surface area contributed by atoms with Crippen LogP contribution in [0.4, 0.5) is 0 Å². The van der Waals surface area contributed by atoms with Crippen LogP contribution in [-0.4, -0.2) is 27.6 Å². The van der Waals surface area contributed by atoms with E-state index in [2.05, 4.69) is 4.98 Å². The molecule has 21 heavy (non-hydrogen) atoms. The second-order valence-electron chi connectivity index (χ2n) is 4.79. The summed E-state index contributed by atoms with van der Waals surface area (Å²) in [5.41, 5.74) is 0.447. The van der Waals surface area contributed by atoms with Crippen LogP contribution in [0.15, 0.2) is 58.9 Å². The van der Waals surface area contributed by atoms with Crippen LogP contribution < -0.4 is 0 Å². The first kappa shape index (κ1) is 14.5. The Morgan fingerprint density at radius 3 is 2.48 bits per heavy atom. The summed E-state index contributed by atoms with van der Waals surface area (Å²) in [6.45, 7) is -0.311. The summed E-state index contributed by atoms with van der Waals surface area (Å²) in [5.74, 6) is 0.368. The van der Waals surface area contributed by atoms with Gasteiger partial charge in [0.05, 0.1) is 16.8 Å². The number of rotatable bonds is 5. The fourth-order valence-corrected chi connectivity index (χ4v) is 4.22. The Bertz CT molecular complexity index is 696. The molecule has 3 aromatic rings. The zero-order valence-electron chi connectivity index (χ0n) is 11.3. The summed E-state index contributed by atoms with van der Waals surface area (Å²) in [6.07, 6.45) is 0. The van der Waals surface area contributed by atoms with Crippen molar-refractivity contribution in [2.45, 2.75) is 9.94 Å². The van der Waals surface area contributed by atoms with Gasteiger partial charge in [-0.3, -0.25) is 0 Å². The summed E-state index contributed by atoms with van der Waals surface area (Å²) in [6, 6.07) is 17.2. The number of fused-ring (bicyclic) bond motifs is 1. The highest BCUT2D eigenvalue weighted by molar-refractivity contribution is 8.01. The van der Waals surface area contributed by atoms with E-state index in [0.717, 1.165) is 20.1 Å². The smallest absolute Gasteiger partial charge is 0.151 e. The molecular weight excluding hydrogens is 302 g/mol. The van der Waals surface area contributed by atoms with Crippen LogP contribution in [0, 0.1) is 0 Å². The summed E-state index contributed by atoms with van der Waals surface area (Å²) >= 11 is 3.07. The maximum atomic E-state index is 10.6. The first-order valence-corrected chi connectivity index (χ1v) is 8.39. The predicted octanol–water partition coefficient (Wildman–Crippen LogP) is 3.27. The van der Waals surface area contributed by atoms with E-state index < -0.39 is 5.60 Å². The third-order valence-electron chi connectivity index (χ3n) is 3.28. The SMILES string of the molecule is OC[C@@](O)(CSc1nc2ccccc2s1)c1ccccc1. The largest absolute Gasteiger partial charge is 0.393 e. The zero-order valence-corrected chi connectivity index (χ0v) is 12.9. The van der Waals surface area contributed by atoms with Crippen LogP contribution in [0.2, 0.25) is 0 Å². The Kier molecular flexibility index (Phi) is 4.26. The molecule has 0 unspecified atom stereocenters. The van der Waals surface area contributed by atoms with E-state index in [1.165, 1.54) is 11.8 Å². The minimum atomic E-state index is -1.25. The van der Waals surface area contributed by atoms with E-state index in [9.17, 15) is 10.2 Å². The lowest BCUT2D eigenvalue weighted by Crippen LogP contribution is -2.33. The van der Waals surface area contributed by atoms with Gasteiger partial charge in [-0.05, 0) is 17.7 Å². The molecule has 0 aliphatic heterocycles. The summed E-state index contributed by atoms with van der Waals surface area (Å²) < 4.78 is 2.03. The molecule has 3 rings (SSSR count). The number of nitrogens with zero attached hydrogens (tertiary/aromatic N) is 1. The van der Waals surface area contributed by atoms with Gasteiger partial charge in [0.2, 0.25) is 0 Å². The van der Waals surface area contributed by atoms with Crippen molar-refractivity contribution in [1.29, 1.82) is 0 Å². The number of para-hydroxylation sites is 1. The van der Waals surface area contributed by atoms with Gasteiger partial charge in [0, 0.05) is 5.75 Å². The average molecular weight is 317 g/mol. The average Bonchev–Trinajstić information content (AvgIpc) is 2.96. The normalized spacial score (nSPS) is 14.2. The molecule has 2 N–H and O–H groups in total. The standard InChI is InChI=1S/C16H15NO2S2/c18-10-16(19,12-6-2-1-3-7-12)11-20-15-17-13-8-4-5-9-14(13)21-15/h1-9,18-19H,10-11H2/t16-/m1/s1. The predicted molar refractivity (Wildman–Crippen MR) is 87.8 cm³/mol. The van der Waals surface area contributed by atoms with E-state index >= 15 is 0 Å². The minimum absolute atomic E-state index is 0.311. The molecule has 0 aliphatic rings. The van der Waals surface area contributed by atoms with Gasteiger partial charge in [-0.25, -0.2) is 4.98 Å². The molecule has 0 fully saturated rings. The van der Waals surface area contributed by atoms with Crippen molar-refractivity contribution in [2.24, 2.45) is 0 Å². The van der Waals surface area contributed by atoms with Crippen LogP contribution in [0.1, 0.15) is 5.56 Å². The molecule has 3 nitrogen and oxygen atoms in total. The number of hydrogen-bond acceptors (Lipinski definition) is 5. The summed E-state index contributed by atoms with van der Waals surface area (Å²) in [4.78, 5) is 4.53. The van der Waals surface area contributed by atoms with Crippen molar-refractivity contribution in [3.8, 4) is 0 Å². The number of aliphatic hydroxyl groups excluding tert-OH is 1. The van der Waals surface area contributed by atoms with Gasteiger partial charge >= 0.3 is 0 Å². The molecular formula is C16H15NO2S2. The first-order chi connectivity index (χ1) is 10.2. The Hall–Kier alpha value is -1.40. The molecule has 0 radical (unpaired) electrons. The van der Waals surface area contributed by atoms with Crippen molar-refractivity contribution in [3.63, 3.8) is 0 Å². The molecule has 0 spiro atoms. The topological polar surface area (TPSA) is 53.4 Å². The van der Waals surface area contributed by atoms with Gasteiger partial charge in [-0.2, -0.15) is 0 Å². The maximum absolute atomic E-state index is 10.6. The lowest BCUT2D eigenvalue weighted by molar-refractivity contribution is 0.00215. The Balaban J connectivity index is 1.78. The summed E-state index contributed by atoms with van der Waals surface area (Å²) in [5, 5.41) is 20.2. The molecule has 0 saturated carbocycles. The lowest BCUT2D eigenvalue weighted by Gasteiger charge is -2.25. The van der Waals surface area contributed by atoms with Crippen LogP contribution in [-0.2, 0) is 5.60 Å². The van der Waals surface area contributed by atoms with Crippen LogP contribution in [0.25, 0.3) is 10.2 Å². The number of benzene rings is 2. The number of aliphatic hydroxyl groups is 2. The van der Waals surface area contributed by atoms with E-state index in [-0.39, 0.29) is 6.61 Å². The highest BCUT2D eigenvalue weighted by atomic mass is 32.2. The van der Waals surface area contributed by atoms with Gasteiger partial charge in [0.25, 0.3) is 0 Å². The quantitative estimate of drug-likeness (QED) is 0.709. The van der Waals surface area contributed by atoms with Crippen molar-refractivity contribution in [1.82, 2.24) is 4.98 Å². The second kappa shape index (κ2) is 6.15. The van der Waals surface area contributed by atoms with E-state index in [4.69, 9.17) is 0 Å². The molecule has 5 heteroatoms. The minimum Gasteiger partial charge on any atom is -0.393 e. The fourth-order valence-electron chi connectivity index (χ4n) is 2.06. The van der Waals surface area contributed by atoms with Gasteiger partial charge in [0.1, 0.15) is 5.60 Å². The summed E-state index contributed by atoms with van der Waals surface area (Å²) in [7, 11) is 0. The monoisotopic (exact) mass is 317 g/mol. The number of aromatic nitrogens is 1. The Labute approximate surface area is 131 Å². The molecule has 0 amide bonds. The fraction of sp³-hybridized carbons (Fsp3) is 0.188. The van der Waals surface area contributed by atoms with Gasteiger partial charge in [-0.1, -0.05) is 54.2 Å². The highest BCUT2D eigenvalue weighted by Crippen LogP contribution is 2.34. The van der Waals surface area contributed by atoms with E-state index in [0.29, 0.717) is 5.75 Å². The Morgan fingerprint density at radius 1 is 1.05 bits per heavy atom. The van der Waals surface area contributed by atoms with E-state index in [1.54, 1.807) is 11.3 Å².